The van der Waals surface area contributed by atoms with Crippen molar-refractivity contribution in [1.82, 2.24) is 5.32 Å². The first kappa shape index (κ1) is 15.1. The predicted molar refractivity (Wildman–Crippen MR) is 87.2 cm³/mol. The largest absolute Gasteiger partial charge is 0.377 e. The molecule has 21 heavy (non-hydrogen) atoms. The van der Waals surface area contributed by atoms with Crippen LogP contribution >= 0.6 is 0 Å². The molecule has 1 atom stereocenters. The van der Waals surface area contributed by atoms with Gasteiger partial charge in [0.2, 0.25) is 0 Å². The summed E-state index contributed by atoms with van der Waals surface area (Å²) in [6.07, 6.45) is 9.74. The summed E-state index contributed by atoms with van der Waals surface area (Å²) in [4.78, 5) is 0. The van der Waals surface area contributed by atoms with Crippen LogP contribution in [-0.2, 0) is 11.3 Å². The number of nitrogens with one attached hydrogen (secondary N) is 1. The number of hydrogen-bond donors (Lipinski definition) is 1. The van der Waals surface area contributed by atoms with Gasteiger partial charge >= 0.3 is 0 Å². The quantitative estimate of drug-likeness (QED) is 0.794. The van der Waals surface area contributed by atoms with Crippen LogP contribution in [-0.4, -0.2) is 19.2 Å². The Kier molecular flexibility index (Phi) is 5.70. The van der Waals surface area contributed by atoms with Crippen molar-refractivity contribution in [2.24, 2.45) is 11.8 Å². The Balaban J connectivity index is 1.29. The summed E-state index contributed by atoms with van der Waals surface area (Å²) >= 11 is 0. The van der Waals surface area contributed by atoms with E-state index in [1.807, 2.05) is 0 Å². The van der Waals surface area contributed by atoms with E-state index in [0.29, 0.717) is 0 Å². The first-order valence-electron chi connectivity index (χ1n) is 8.77. The molecule has 1 heterocycles. The van der Waals surface area contributed by atoms with Gasteiger partial charge in [-0.2, -0.15) is 0 Å². The molecular formula is C19H29NO. The van der Waals surface area contributed by atoms with Crippen LogP contribution in [0.1, 0.15) is 50.5 Å². The molecule has 1 aliphatic carbocycles. The fourth-order valence-corrected chi connectivity index (χ4v) is 4.01. The number of ether oxygens (including phenoxy) is 1. The van der Waals surface area contributed by atoms with Gasteiger partial charge in [-0.15, -0.1) is 0 Å². The molecule has 2 nitrogen and oxygen atoms in total. The van der Waals surface area contributed by atoms with Crippen LogP contribution in [0.5, 0.6) is 0 Å². The third-order valence-corrected chi connectivity index (χ3v) is 5.34. The lowest BCUT2D eigenvalue weighted by Crippen LogP contribution is -2.33. The fraction of sp³-hybridized carbons (Fsp3) is 0.684. The van der Waals surface area contributed by atoms with Gasteiger partial charge in [-0.25, -0.2) is 0 Å². The molecular weight excluding hydrogens is 258 g/mol. The Morgan fingerprint density at radius 2 is 1.81 bits per heavy atom. The third-order valence-electron chi connectivity index (χ3n) is 5.34. The van der Waals surface area contributed by atoms with E-state index >= 15 is 0 Å². The number of benzene rings is 1. The maximum atomic E-state index is 5.84. The Labute approximate surface area is 129 Å². The molecule has 116 valence electrons. The smallest absolute Gasteiger partial charge is 0.0716 e. The highest BCUT2D eigenvalue weighted by Crippen LogP contribution is 2.34. The van der Waals surface area contributed by atoms with Crippen molar-refractivity contribution < 1.29 is 4.74 Å². The highest BCUT2D eigenvalue weighted by molar-refractivity contribution is 5.13. The molecule has 1 aromatic rings. The van der Waals surface area contributed by atoms with Crippen LogP contribution in [0.3, 0.4) is 0 Å². The van der Waals surface area contributed by atoms with Gasteiger partial charge < -0.3 is 10.1 Å². The maximum Gasteiger partial charge on any atom is 0.0716 e. The van der Waals surface area contributed by atoms with Crippen molar-refractivity contribution in [3.63, 3.8) is 0 Å². The predicted octanol–water partition coefficient (Wildman–Crippen LogP) is 4.15. The van der Waals surface area contributed by atoms with Crippen molar-refractivity contribution >= 4 is 0 Å². The van der Waals surface area contributed by atoms with Gasteiger partial charge in [0.25, 0.3) is 0 Å². The molecule has 2 heteroatoms. The van der Waals surface area contributed by atoms with Crippen LogP contribution in [0.25, 0.3) is 0 Å². The fourth-order valence-electron chi connectivity index (χ4n) is 4.01. The molecule has 0 unspecified atom stereocenters. The van der Waals surface area contributed by atoms with Crippen LogP contribution in [0.15, 0.2) is 30.3 Å². The van der Waals surface area contributed by atoms with E-state index < -0.39 is 0 Å². The molecule has 3 rings (SSSR count). The number of rotatable bonds is 6. The maximum absolute atomic E-state index is 5.84. The SMILES string of the molecule is c1ccc(COCCC2CCC([C@H]3CCCN3)CC2)cc1. The number of hydrogen-bond acceptors (Lipinski definition) is 2. The second-order valence-electron chi connectivity index (χ2n) is 6.81. The summed E-state index contributed by atoms with van der Waals surface area (Å²) < 4.78 is 5.84. The van der Waals surface area contributed by atoms with E-state index in [9.17, 15) is 0 Å². The Morgan fingerprint density at radius 3 is 2.52 bits per heavy atom. The van der Waals surface area contributed by atoms with E-state index in [1.54, 1.807) is 0 Å². The minimum atomic E-state index is 0.766. The standard InChI is InChI=1S/C19H29NO/c1-2-5-17(6-3-1)15-21-14-12-16-8-10-18(11-9-16)19-7-4-13-20-19/h1-3,5-6,16,18-20H,4,7-15H2/t16?,18?,19-/m1/s1. The summed E-state index contributed by atoms with van der Waals surface area (Å²) in [5.74, 6) is 1.85. The van der Waals surface area contributed by atoms with Crippen molar-refractivity contribution in [3.8, 4) is 0 Å². The summed E-state index contributed by atoms with van der Waals surface area (Å²) in [7, 11) is 0. The van der Waals surface area contributed by atoms with E-state index in [-0.39, 0.29) is 0 Å². The summed E-state index contributed by atoms with van der Waals surface area (Å²) in [5.41, 5.74) is 1.29. The average Bonchev–Trinajstić information content (AvgIpc) is 3.08. The van der Waals surface area contributed by atoms with Gasteiger partial charge in [0, 0.05) is 12.6 Å². The first-order valence-corrected chi connectivity index (χ1v) is 8.77. The molecule has 0 bridgehead atoms. The van der Waals surface area contributed by atoms with E-state index in [2.05, 4.69) is 35.6 Å². The molecule has 0 radical (unpaired) electrons. The molecule has 1 saturated carbocycles. The molecule has 2 aliphatic rings. The zero-order valence-corrected chi connectivity index (χ0v) is 13.1. The van der Waals surface area contributed by atoms with E-state index in [1.165, 1.54) is 57.1 Å². The molecule has 0 aromatic heterocycles. The van der Waals surface area contributed by atoms with Crippen LogP contribution in [0.4, 0.5) is 0 Å². The van der Waals surface area contributed by atoms with Crippen LogP contribution < -0.4 is 5.32 Å². The second kappa shape index (κ2) is 7.95. The molecule has 2 fully saturated rings. The lowest BCUT2D eigenvalue weighted by molar-refractivity contribution is 0.0961. The Bertz CT molecular complexity index is 391. The molecule has 1 N–H and O–H groups in total. The van der Waals surface area contributed by atoms with Crippen molar-refractivity contribution in [2.45, 2.75) is 57.6 Å². The van der Waals surface area contributed by atoms with Crippen molar-refractivity contribution in [2.75, 3.05) is 13.2 Å². The van der Waals surface area contributed by atoms with Gasteiger partial charge in [-0.1, -0.05) is 43.2 Å². The van der Waals surface area contributed by atoms with Crippen LogP contribution in [0.2, 0.25) is 0 Å². The minimum absolute atomic E-state index is 0.766. The van der Waals surface area contributed by atoms with Crippen LogP contribution in [0, 0.1) is 11.8 Å². The monoisotopic (exact) mass is 287 g/mol. The van der Waals surface area contributed by atoms with E-state index in [0.717, 1.165) is 31.1 Å². The molecule has 1 saturated heterocycles. The lowest BCUT2D eigenvalue weighted by Gasteiger charge is -2.32. The lowest BCUT2D eigenvalue weighted by atomic mass is 9.77. The summed E-state index contributed by atoms with van der Waals surface area (Å²) in [5, 5.41) is 3.69. The minimum Gasteiger partial charge on any atom is -0.377 e. The normalized spacial score (nSPS) is 29.6. The highest BCUT2D eigenvalue weighted by atomic mass is 16.5. The third kappa shape index (κ3) is 4.55. The highest BCUT2D eigenvalue weighted by Gasteiger charge is 2.28. The first-order chi connectivity index (χ1) is 10.4. The van der Waals surface area contributed by atoms with E-state index in [4.69, 9.17) is 4.74 Å². The van der Waals surface area contributed by atoms with Gasteiger partial charge in [0.05, 0.1) is 6.61 Å². The Hall–Kier alpha value is -0.860. The van der Waals surface area contributed by atoms with Gasteiger partial charge in [0.1, 0.15) is 0 Å². The molecule has 1 aromatic carbocycles. The second-order valence-corrected chi connectivity index (χ2v) is 6.81. The van der Waals surface area contributed by atoms with Crippen molar-refractivity contribution in [1.29, 1.82) is 0 Å². The van der Waals surface area contributed by atoms with Gasteiger partial charge in [-0.3, -0.25) is 0 Å². The van der Waals surface area contributed by atoms with Gasteiger partial charge in [-0.05, 0) is 56.0 Å². The molecule has 0 spiro atoms. The molecule has 0 amide bonds. The summed E-state index contributed by atoms with van der Waals surface area (Å²) in [6, 6.07) is 11.3. The zero-order chi connectivity index (χ0) is 14.3. The average molecular weight is 287 g/mol. The zero-order valence-electron chi connectivity index (χ0n) is 13.1. The molecule has 1 aliphatic heterocycles. The van der Waals surface area contributed by atoms with Crippen molar-refractivity contribution in [3.05, 3.63) is 35.9 Å². The Morgan fingerprint density at radius 1 is 1.00 bits per heavy atom. The topological polar surface area (TPSA) is 21.3 Å². The summed E-state index contributed by atoms with van der Waals surface area (Å²) in [6.45, 7) is 2.94. The van der Waals surface area contributed by atoms with Gasteiger partial charge in [0.15, 0.2) is 0 Å².